The van der Waals surface area contributed by atoms with E-state index in [0.717, 1.165) is 4.31 Å². The minimum Gasteiger partial charge on any atom is -0.389 e. The number of sulfonamides is 1. The maximum Gasteiger partial charge on any atom is 0.216 e. The van der Waals surface area contributed by atoms with Crippen molar-refractivity contribution in [2.24, 2.45) is 0 Å². The second-order valence-electron chi connectivity index (χ2n) is 3.48. The first kappa shape index (κ1) is 13.8. The maximum atomic E-state index is 11.5. The Morgan fingerprint density at radius 3 is 2.29 bits per heavy atom. The highest BCUT2D eigenvalue weighted by Gasteiger charge is 2.23. The van der Waals surface area contributed by atoms with Crippen LogP contribution < -0.4 is 0 Å². The summed E-state index contributed by atoms with van der Waals surface area (Å²) in [5.74, 6) is 0. The zero-order valence-corrected chi connectivity index (χ0v) is 9.91. The molecule has 0 amide bonds. The van der Waals surface area contributed by atoms with Crippen molar-refractivity contribution >= 4 is 10.0 Å². The van der Waals surface area contributed by atoms with Gasteiger partial charge in [0.25, 0.3) is 0 Å². The van der Waals surface area contributed by atoms with Crippen LogP contribution in [-0.2, 0) is 14.8 Å². The van der Waals surface area contributed by atoms with Gasteiger partial charge in [0.05, 0.1) is 18.0 Å². The molecule has 1 N–H and O–H groups in total. The van der Waals surface area contributed by atoms with Gasteiger partial charge in [-0.15, -0.1) is 0 Å². The summed E-state index contributed by atoms with van der Waals surface area (Å²) in [6, 6.07) is 0. The molecule has 0 saturated carbocycles. The molecule has 0 rings (SSSR count). The van der Waals surface area contributed by atoms with Crippen LogP contribution in [-0.4, -0.2) is 56.5 Å². The number of ether oxygens (including phenoxy) is 1. The lowest BCUT2D eigenvalue weighted by Gasteiger charge is -2.22. The van der Waals surface area contributed by atoms with E-state index in [-0.39, 0.29) is 13.2 Å². The van der Waals surface area contributed by atoms with Crippen molar-refractivity contribution in [3.63, 3.8) is 0 Å². The molecule has 0 aromatic heterocycles. The van der Waals surface area contributed by atoms with Gasteiger partial charge in [0.2, 0.25) is 10.0 Å². The highest BCUT2D eigenvalue weighted by atomic mass is 32.2. The smallest absolute Gasteiger partial charge is 0.216 e. The molecule has 0 aromatic carbocycles. The molecule has 0 aliphatic carbocycles. The number of aliphatic hydroxyl groups is 1. The minimum atomic E-state index is -3.27. The minimum absolute atomic E-state index is 0.0638. The first-order valence-corrected chi connectivity index (χ1v) is 5.94. The highest BCUT2D eigenvalue weighted by molar-refractivity contribution is 7.89. The van der Waals surface area contributed by atoms with Gasteiger partial charge in [-0.2, -0.15) is 0 Å². The van der Waals surface area contributed by atoms with Crippen LogP contribution >= 0.6 is 0 Å². The summed E-state index contributed by atoms with van der Waals surface area (Å²) in [6.45, 7) is 3.41. The highest BCUT2D eigenvalue weighted by Crippen LogP contribution is 2.06. The van der Waals surface area contributed by atoms with E-state index < -0.39 is 21.4 Å². The lowest BCUT2D eigenvalue weighted by Crippen LogP contribution is -2.39. The van der Waals surface area contributed by atoms with Gasteiger partial charge in [0.1, 0.15) is 0 Å². The Balaban J connectivity index is 4.28. The molecule has 0 saturated heterocycles. The Labute approximate surface area is 85.7 Å². The Bertz CT molecular complexity index is 250. The molecule has 1 unspecified atom stereocenters. The van der Waals surface area contributed by atoms with Gasteiger partial charge < -0.3 is 9.84 Å². The Morgan fingerprint density at radius 2 is 1.93 bits per heavy atom. The molecule has 5 nitrogen and oxygen atoms in total. The molecule has 0 aliphatic rings. The Hall–Kier alpha value is -0.170. The van der Waals surface area contributed by atoms with Crippen LogP contribution in [0.2, 0.25) is 0 Å². The number of rotatable bonds is 6. The van der Waals surface area contributed by atoms with Crippen molar-refractivity contribution in [1.82, 2.24) is 4.31 Å². The molecule has 0 heterocycles. The lowest BCUT2D eigenvalue weighted by atomic mass is 10.4. The second-order valence-corrected chi connectivity index (χ2v) is 6.08. The first-order chi connectivity index (χ1) is 6.32. The quantitative estimate of drug-likeness (QED) is 0.672. The standard InChI is InChI=1S/C8H19NO4S/c1-7(2)14(11,12)9(3)5-8(10)6-13-4/h7-8,10H,5-6H2,1-4H3. The number of nitrogens with zero attached hydrogens (tertiary/aromatic N) is 1. The van der Waals surface area contributed by atoms with Crippen molar-refractivity contribution in [1.29, 1.82) is 0 Å². The van der Waals surface area contributed by atoms with Crippen molar-refractivity contribution in [3.8, 4) is 0 Å². The predicted octanol–water partition coefficient (Wildman–Crippen LogP) is -0.336. The molecule has 6 heteroatoms. The number of hydrogen-bond donors (Lipinski definition) is 1. The number of hydrogen-bond acceptors (Lipinski definition) is 4. The van der Waals surface area contributed by atoms with Crippen LogP contribution in [0.25, 0.3) is 0 Å². The zero-order chi connectivity index (χ0) is 11.4. The molecule has 14 heavy (non-hydrogen) atoms. The van der Waals surface area contributed by atoms with E-state index in [1.165, 1.54) is 14.2 Å². The number of methoxy groups -OCH3 is 1. The number of aliphatic hydroxyl groups excluding tert-OH is 1. The molecule has 0 fully saturated rings. The van der Waals surface area contributed by atoms with E-state index >= 15 is 0 Å². The summed E-state index contributed by atoms with van der Waals surface area (Å²) in [4.78, 5) is 0. The monoisotopic (exact) mass is 225 g/mol. The molecule has 0 aromatic rings. The van der Waals surface area contributed by atoms with Crippen LogP contribution in [0, 0.1) is 0 Å². The average Bonchev–Trinajstić information content (AvgIpc) is 2.03. The largest absolute Gasteiger partial charge is 0.389 e. The lowest BCUT2D eigenvalue weighted by molar-refractivity contribution is 0.0553. The molecule has 0 aliphatic heterocycles. The van der Waals surface area contributed by atoms with E-state index in [9.17, 15) is 13.5 Å². The molecular weight excluding hydrogens is 206 g/mol. The summed E-state index contributed by atoms with van der Waals surface area (Å²) in [5, 5.41) is 8.86. The summed E-state index contributed by atoms with van der Waals surface area (Å²) < 4.78 is 28.9. The summed E-state index contributed by atoms with van der Waals surface area (Å²) in [6.07, 6.45) is -0.779. The van der Waals surface area contributed by atoms with Gasteiger partial charge in [0.15, 0.2) is 0 Å². The first-order valence-electron chi connectivity index (χ1n) is 4.44. The van der Waals surface area contributed by atoms with E-state index in [4.69, 9.17) is 4.74 Å². The van der Waals surface area contributed by atoms with E-state index in [1.807, 2.05) is 0 Å². The summed E-state index contributed by atoms with van der Waals surface area (Å²) >= 11 is 0. The third kappa shape index (κ3) is 3.91. The maximum absolute atomic E-state index is 11.5. The van der Waals surface area contributed by atoms with E-state index in [1.54, 1.807) is 13.8 Å². The van der Waals surface area contributed by atoms with Crippen LogP contribution in [0.4, 0.5) is 0 Å². The van der Waals surface area contributed by atoms with Crippen LogP contribution in [0.15, 0.2) is 0 Å². The van der Waals surface area contributed by atoms with E-state index in [2.05, 4.69) is 0 Å². The van der Waals surface area contributed by atoms with Gasteiger partial charge in [-0.05, 0) is 13.8 Å². The molecule has 86 valence electrons. The van der Waals surface area contributed by atoms with Gasteiger partial charge in [-0.25, -0.2) is 12.7 Å². The van der Waals surface area contributed by atoms with Crippen molar-refractivity contribution in [2.75, 3.05) is 27.3 Å². The Morgan fingerprint density at radius 1 is 1.43 bits per heavy atom. The average molecular weight is 225 g/mol. The summed E-state index contributed by atoms with van der Waals surface area (Å²) in [5.41, 5.74) is 0. The van der Waals surface area contributed by atoms with Gasteiger partial charge in [-0.1, -0.05) is 0 Å². The Kier molecular flexibility index (Phi) is 5.58. The van der Waals surface area contributed by atoms with Crippen LogP contribution in [0.5, 0.6) is 0 Å². The molecular formula is C8H19NO4S. The van der Waals surface area contributed by atoms with Crippen molar-refractivity contribution in [3.05, 3.63) is 0 Å². The predicted molar refractivity (Wildman–Crippen MR) is 54.6 cm³/mol. The fourth-order valence-corrected chi connectivity index (χ4v) is 2.11. The van der Waals surface area contributed by atoms with Gasteiger partial charge in [-0.3, -0.25) is 0 Å². The third-order valence-corrected chi connectivity index (χ3v) is 4.07. The second kappa shape index (κ2) is 5.65. The summed E-state index contributed by atoms with van der Waals surface area (Å²) in [7, 11) is -0.361. The van der Waals surface area contributed by atoms with E-state index in [0.29, 0.717) is 0 Å². The van der Waals surface area contributed by atoms with Crippen LogP contribution in [0.1, 0.15) is 13.8 Å². The molecule has 0 bridgehead atoms. The number of likely N-dealkylation sites (N-methyl/N-ethyl adjacent to an activating group) is 1. The van der Waals surface area contributed by atoms with Crippen molar-refractivity contribution < 1.29 is 18.3 Å². The fourth-order valence-electron chi connectivity index (χ4n) is 1.01. The SMILES string of the molecule is COCC(O)CN(C)S(=O)(=O)C(C)C. The third-order valence-electron chi connectivity index (χ3n) is 1.86. The fraction of sp³-hybridized carbons (Fsp3) is 1.00. The molecule has 1 atom stereocenters. The van der Waals surface area contributed by atoms with Gasteiger partial charge in [0, 0.05) is 20.7 Å². The normalized spacial score (nSPS) is 15.1. The molecule has 0 spiro atoms. The molecule has 0 radical (unpaired) electrons. The van der Waals surface area contributed by atoms with Crippen molar-refractivity contribution in [2.45, 2.75) is 25.2 Å². The zero-order valence-electron chi connectivity index (χ0n) is 9.10. The van der Waals surface area contributed by atoms with Crippen LogP contribution in [0.3, 0.4) is 0 Å². The van der Waals surface area contributed by atoms with Gasteiger partial charge >= 0.3 is 0 Å². The topological polar surface area (TPSA) is 66.8 Å².